The van der Waals surface area contributed by atoms with E-state index in [1.807, 2.05) is 6.07 Å². The highest BCUT2D eigenvalue weighted by atomic mass is 16.5. The van der Waals surface area contributed by atoms with Crippen LogP contribution in [0.1, 0.15) is 32.8 Å². The van der Waals surface area contributed by atoms with E-state index in [4.69, 9.17) is 10.00 Å². The fraction of sp³-hybridized carbons (Fsp3) is 0.222. The van der Waals surface area contributed by atoms with E-state index in [9.17, 15) is 9.59 Å². The number of carbonyl (C=O) groups is 2. The summed E-state index contributed by atoms with van der Waals surface area (Å²) in [4.78, 5) is 28.4. The summed E-state index contributed by atoms with van der Waals surface area (Å²) in [7, 11) is 1.60. The third-order valence-corrected chi connectivity index (χ3v) is 3.36. The number of rotatable bonds is 7. The smallest absolute Gasteiger partial charge is 0.274 e. The molecule has 25 heavy (non-hydrogen) atoms. The number of hydrogen-bond donors (Lipinski definition) is 2. The topological polar surface area (TPSA) is 104 Å². The number of nitrogens with zero attached hydrogens (tertiary/aromatic N) is 2. The third-order valence-electron chi connectivity index (χ3n) is 3.36. The number of nitriles is 1. The van der Waals surface area contributed by atoms with Crippen LogP contribution >= 0.6 is 0 Å². The van der Waals surface area contributed by atoms with Gasteiger partial charge in [0, 0.05) is 32.0 Å². The monoisotopic (exact) mass is 338 g/mol. The number of nitrogens with one attached hydrogen (secondary N) is 2. The maximum absolute atomic E-state index is 12.3. The molecular weight excluding hydrogens is 320 g/mol. The van der Waals surface area contributed by atoms with Gasteiger partial charge in [0.05, 0.1) is 11.3 Å². The van der Waals surface area contributed by atoms with Crippen LogP contribution in [0.5, 0.6) is 0 Å². The minimum absolute atomic E-state index is 0.0947. The molecule has 0 aliphatic rings. The second-order valence-corrected chi connectivity index (χ2v) is 5.14. The number of amides is 2. The van der Waals surface area contributed by atoms with Crippen LogP contribution in [0.4, 0.5) is 5.69 Å². The summed E-state index contributed by atoms with van der Waals surface area (Å²) in [5, 5.41) is 14.4. The van der Waals surface area contributed by atoms with Crippen molar-refractivity contribution in [2.24, 2.45) is 0 Å². The summed E-state index contributed by atoms with van der Waals surface area (Å²) >= 11 is 0. The fourth-order valence-corrected chi connectivity index (χ4v) is 2.09. The van der Waals surface area contributed by atoms with E-state index >= 15 is 0 Å². The Hall–Kier alpha value is -3.24. The van der Waals surface area contributed by atoms with E-state index in [0.717, 1.165) is 0 Å². The molecule has 0 saturated heterocycles. The molecule has 0 unspecified atom stereocenters. The summed E-state index contributed by atoms with van der Waals surface area (Å²) in [6.07, 6.45) is 2.10. The van der Waals surface area contributed by atoms with Crippen molar-refractivity contribution in [3.05, 3.63) is 59.4 Å². The van der Waals surface area contributed by atoms with Gasteiger partial charge in [-0.3, -0.25) is 14.6 Å². The molecule has 0 spiro atoms. The van der Waals surface area contributed by atoms with Crippen LogP contribution in [-0.4, -0.2) is 37.1 Å². The maximum atomic E-state index is 12.3. The first-order valence-corrected chi connectivity index (χ1v) is 7.69. The van der Waals surface area contributed by atoms with E-state index in [1.54, 1.807) is 31.4 Å². The first kappa shape index (κ1) is 18.1. The van der Waals surface area contributed by atoms with Crippen molar-refractivity contribution in [2.75, 3.05) is 25.6 Å². The predicted octanol–water partition coefficient (Wildman–Crippen LogP) is 1.97. The van der Waals surface area contributed by atoms with Gasteiger partial charge in [-0.2, -0.15) is 5.26 Å². The van der Waals surface area contributed by atoms with Crippen LogP contribution in [0.2, 0.25) is 0 Å². The van der Waals surface area contributed by atoms with E-state index in [2.05, 4.69) is 15.6 Å². The van der Waals surface area contributed by atoms with Gasteiger partial charge in [-0.1, -0.05) is 12.1 Å². The number of aromatic nitrogens is 1. The van der Waals surface area contributed by atoms with Gasteiger partial charge in [0.2, 0.25) is 0 Å². The van der Waals surface area contributed by atoms with Crippen molar-refractivity contribution < 1.29 is 14.3 Å². The molecule has 0 bridgehead atoms. The van der Waals surface area contributed by atoms with Crippen molar-refractivity contribution in [2.45, 2.75) is 6.42 Å². The molecule has 0 fully saturated rings. The lowest BCUT2D eigenvalue weighted by Gasteiger charge is -2.08. The lowest BCUT2D eigenvalue weighted by atomic mass is 10.1. The molecule has 7 nitrogen and oxygen atoms in total. The standard InChI is InChI=1S/C18H18N4O3/c1-25-10-4-8-21-17(23)13-7-9-20-16(11-13)18(24)22-15-6-3-2-5-14(15)12-19/h2-3,5-7,9,11H,4,8,10H2,1H3,(H,21,23)(H,22,24). The van der Waals surface area contributed by atoms with Crippen molar-refractivity contribution in [3.63, 3.8) is 0 Å². The first-order chi connectivity index (χ1) is 12.2. The van der Waals surface area contributed by atoms with Crippen LogP contribution in [-0.2, 0) is 4.74 Å². The Morgan fingerprint density at radius 2 is 2.04 bits per heavy atom. The van der Waals surface area contributed by atoms with E-state index in [-0.39, 0.29) is 11.6 Å². The Balaban J connectivity index is 2.06. The van der Waals surface area contributed by atoms with Crippen LogP contribution in [0.25, 0.3) is 0 Å². The molecule has 0 atom stereocenters. The number of methoxy groups -OCH3 is 1. The number of hydrogen-bond acceptors (Lipinski definition) is 5. The summed E-state index contributed by atoms with van der Waals surface area (Å²) < 4.78 is 4.92. The number of anilines is 1. The SMILES string of the molecule is COCCCNC(=O)c1ccnc(C(=O)Nc2ccccc2C#N)c1. The van der Waals surface area contributed by atoms with Gasteiger partial charge >= 0.3 is 0 Å². The Kier molecular flexibility index (Phi) is 6.63. The van der Waals surface area contributed by atoms with Gasteiger partial charge in [0.1, 0.15) is 11.8 Å². The van der Waals surface area contributed by atoms with Gasteiger partial charge in [-0.25, -0.2) is 0 Å². The van der Waals surface area contributed by atoms with Crippen molar-refractivity contribution >= 4 is 17.5 Å². The van der Waals surface area contributed by atoms with Crippen LogP contribution in [0.15, 0.2) is 42.6 Å². The van der Waals surface area contributed by atoms with Gasteiger partial charge in [-0.15, -0.1) is 0 Å². The number of para-hydroxylation sites is 1. The summed E-state index contributed by atoms with van der Waals surface area (Å²) in [5.41, 5.74) is 1.18. The molecule has 0 radical (unpaired) electrons. The van der Waals surface area contributed by atoms with Gasteiger partial charge in [-0.05, 0) is 30.7 Å². The normalized spacial score (nSPS) is 9.92. The molecular formula is C18H18N4O3. The third kappa shape index (κ3) is 5.12. The summed E-state index contributed by atoms with van der Waals surface area (Å²) in [6.45, 7) is 1.04. The Morgan fingerprint density at radius 1 is 1.24 bits per heavy atom. The molecule has 2 rings (SSSR count). The van der Waals surface area contributed by atoms with E-state index in [0.29, 0.717) is 36.4 Å². The van der Waals surface area contributed by atoms with E-state index < -0.39 is 5.91 Å². The Bertz CT molecular complexity index is 799. The largest absolute Gasteiger partial charge is 0.385 e. The average molecular weight is 338 g/mol. The molecule has 0 aliphatic heterocycles. The zero-order valence-corrected chi connectivity index (χ0v) is 13.8. The van der Waals surface area contributed by atoms with Crippen LogP contribution < -0.4 is 10.6 Å². The second-order valence-electron chi connectivity index (χ2n) is 5.14. The zero-order chi connectivity index (χ0) is 18.1. The number of benzene rings is 1. The van der Waals surface area contributed by atoms with Crippen molar-refractivity contribution in [1.82, 2.24) is 10.3 Å². The molecule has 0 aliphatic carbocycles. The highest BCUT2D eigenvalue weighted by Gasteiger charge is 2.13. The average Bonchev–Trinajstić information content (AvgIpc) is 2.65. The lowest BCUT2D eigenvalue weighted by molar-refractivity contribution is 0.0948. The first-order valence-electron chi connectivity index (χ1n) is 7.69. The molecule has 1 aromatic carbocycles. The van der Waals surface area contributed by atoms with Crippen molar-refractivity contribution in [1.29, 1.82) is 5.26 Å². The van der Waals surface area contributed by atoms with Gasteiger partial charge in [0.15, 0.2) is 0 Å². The summed E-state index contributed by atoms with van der Waals surface area (Å²) in [5.74, 6) is -0.776. The number of pyridine rings is 1. The van der Waals surface area contributed by atoms with Crippen LogP contribution in [0.3, 0.4) is 0 Å². The molecule has 2 amide bonds. The maximum Gasteiger partial charge on any atom is 0.274 e. The number of carbonyl (C=O) groups excluding carboxylic acids is 2. The van der Waals surface area contributed by atoms with Gasteiger partial charge < -0.3 is 15.4 Å². The molecule has 128 valence electrons. The minimum Gasteiger partial charge on any atom is -0.385 e. The summed E-state index contributed by atoms with van der Waals surface area (Å²) in [6, 6.07) is 11.6. The Morgan fingerprint density at radius 3 is 2.80 bits per heavy atom. The highest BCUT2D eigenvalue weighted by Crippen LogP contribution is 2.14. The van der Waals surface area contributed by atoms with Crippen LogP contribution in [0, 0.1) is 11.3 Å². The number of ether oxygens (including phenoxy) is 1. The minimum atomic E-state index is -0.489. The lowest BCUT2D eigenvalue weighted by Crippen LogP contribution is -2.26. The van der Waals surface area contributed by atoms with E-state index in [1.165, 1.54) is 18.3 Å². The molecule has 1 heterocycles. The quantitative estimate of drug-likeness (QED) is 0.751. The van der Waals surface area contributed by atoms with Gasteiger partial charge in [0.25, 0.3) is 11.8 Å². The highest BCUT2D eigenvalue weighted by molar-refractivity contribution is 6.05. The molecule has 2 N–H and O–H groups in total. The molecule has 1 aromatic heterocycles. The molecule has 7 heteroatoms. The molecule has 2 aromatic rings. The molecule has 0 saturated carbocycles. The fourth-order valence-electron chi connectivity index (χ4n) is 2.09. The second kappa shape index (κ2) is 9.15. The Labute approximate surface area is 145 Å². The zero-order valence-electron chi connectivity index (χ0n) is 13.8. The predicted molar refractivity (Wildman–Crippen MR) is 92.2 cm³/mol. The van der Waals surface area contributed by atoms with Crippen molar-refractivity contribution in [3.8, 4) is 6.07 Å².